The SMILES string of the molecule is CCNC(=NCc1nccc2ccccc12)NCCCOC1CCOC1.I. The van der Waals surface area contributed by atoms with E-state index in [1.807, 2.05) is 24.4 Å². The molecule has 0 saturated carbocycles. The Kier molecular flexibility index (Phi) is 9.79. The predicted octanol–water partition coefficient (Wildman–Crippen LogP) is 3.10. The molecule has 1 saturated heterocycles. The number of halogens is 1. The Morgan fingerprint density at radius 3 is 3.00 bits per heavy atom. The lowest BCUT2D eigenvalue weighted by Crippen LogP contribution is -2.38. The molecule has 1 unspecified atom stereocenters. The number of guanidine groups is 1. The number of ether oxygens (including phenoxy) is 2. The van der Waals surface area contributed by atoms with Crippen molar-refractivity contribution in [2.45, 2.75) is 32.4 Å². The van der Waals surface area contributed by atoms with Crippen molar-refractivity contribution in [3.05, 3.63) is 42.2 Å². The smallest absolute Gasteiger partial charge is 0.191 e. The first-order chi connectivity index (χ1) is 12.9. The summed E-state index contributed by atoms with van der Waals surface area (Å²) in [4.78, 5) is 9.18. The predicted molar refractivity (Wildman–Crippen MR) is 120 cm³/mol. The maximum Gasteiger partial charge on any atom is 0.191 e. The van der Waals surface area contributed by atoms with Crippen molar-refractivity contribution >= 4 is 40.7 Å². The van der Waals surface area contributed by atoms with Crippen molar-refractivity contribution in [1.82, 2.24) is 15.6 Å². The summed E-state index contributed by atoms with van der Waals surface area (Å²) in [5, 5.41) is 9.00. The lowest BCUT2D eigenvalue weighted by molar-refractivity contribution is 0.0420. The Labute approximate surface area is 178 Å². The molecule has 0 aliphatic carbocycles. The molecule has 3 rings (SSSR count). The molecular weight excluding hydrogens is 455 g/mol. The lowest BCUT2D eigenvalue weighted by atomic mass is 10.1. The third kappa shape index (κ3) is 6.90. The van der Waals surface area contributed by atoms with Gasteiger partial charge in [-0.25, -0.2) is 4.99 Å². The second kappa shape index (κ2) is 12.1. The van der Waals surface area contributed by atoms with E-state index in [4.69, 9.17) is 9.47 Å². The fourth-order valence-electron chi connectivity index (χ4n) is 2.98. The Bertz CT molecular complexity index is 715. The van der Waals surface area contributed by atoms with E-state index in [0.29, 0.717) is 6.54 Å². The van der Waals surface area contributed by atoms with Gasteiger partial charge in [0.05, 0.1) is 24.9 Å². The molecule has 1 aromatic carbocycles. The quantitative estimate of drug-likeness (QED) is 0.261. The Morgan fingerprint density at radius 2 is 2.19 bits per heavy atom. The van der Waals surface area contributed by atoms with E-state index in [-0.39, 0.29) is 30.1 Å². The molecule has 2 heterocycles. The highest BCUT2D eigenvalue weighted by Gasteiger charge is 2.15. The zero-order valence-corrected chi connectivity index (χ0v) is 18.1. The Balaban J connectivity index is 0.00000261. The van der Waals surface area contributed by atoms with Gasteiger partial charge in [-0.1, -0.05) is 24.3 Å². The summed E-state index contributed by atoms with van der Waals surface area (Å²) in [6.07, 6.45) is 4.06. The zero-order chi connectivity index (χ0) is 18.0. The first-order valence-corrected chi connectivity index (χ1v) is 9.41. The topological polar surface area (TPSA) is 67.8 Å². The molecule has 2 N–H and O–H groups in total. The molecule has 148 valence electrons. The highest BCUT2D eigenvalue weighted by molar-refractivity contribution is 14.0. The van der Waals surface area contributed by atoms with Crippen LogP contribution in [0, 0.1) is 0 Å². The van der Waals surface area contributed by atoms with Gasteiger partial charge in [0.2, 0.25) is 0 Å². The van der Waals surface area contributed by atoms with E-state index in [1.165, 1.54) is 5.39 Å². The minimum atomic E-state index is 0. The van der Waals surface area contributed by atoms with Gasteiger partial charge < -0.3 is 20.1 Å². The number of hydrogen-bond donors (Lipinski definition) is 2. The molecule has 0 amide bonds. The van der Waals surface area contributed by atoms with Crippen LogP contribution >= 0.6 is 24.0 Å². The fraction of sp³-hybridized carbons (Fsp3) is 0.500. The van der Waals surface area contributed by atoms with Gasteiger partial charge in [-0.15, -0.1) is 24.0 Å². The van der Waals surface area contributed by atoms with E-state index in [2.05, 4.69) is 39.7 Å². The molecular formula is C20H29IN4O2. The van der Waals surface area contributed by atoms with Crippen LogP contribution in [0.1, 0.15) is 25.5 Å². The number of pyridine rings is 1. The number of nitrogens with zero attached hydrogens (tertiary/aromatic N) is 2. The van der Waals surface area contributed by atoms with Gasteiger partial charge in [-0.05, 0) is 31.2 Å². The number of benzene rings is 1. The van der Waals surface area contributed by atoms with Crippen molar-refractivity contribution in [3.8, 4) is 0 Å². The molecule has 1 atom stereocenters. The summed E-state index contributed by atoms with van der Waals surface area (Å²) in [5.74, 6) is 0.812. The van der Waals surface area contributed by atoms with Gasteiger partial charge in [0, 0.05) is 37.9 Å². The average molecular weight is 484 g/mol. The molecule has 2 aromatic rings. The molecule has 0 bridgehead atoms. The van der Waals surface area contributed by atoms with Gasteiger partial charge in [0.1, 0.15) is 0 Å². The van der Waals surface area contributed by atoms with Crippen LogP contribution in [-0.4, -0.2) is 50.0 Å². The van der Waals surface area contributed by atoms with Gasteiger partial charge in [0.25, 0.3) is 0 Å². The summed E-state index contributed by atoms with van der Waals surface area (Å²) >= 11 is 0. The van der Waals surface area contributed by atoms with E-state index in [0.717, 1.165) is 62.8 Å². The van der Waals surface area contributed by atoms with Crippen molar-refractivity contribution in [3.63, 3.8) is 0 Å². The van der Waals surface area contributed by atoms with E-state index in [9.17, 15) is 0 Å². The first kappa shape index (κ1) is 21.8. The highest BCUT2D eigenvalue weighted by Crippen LogP contribution is 2.16. The molecule has 27 heavy (non-hydrogen) atoms. The average Bonchev–Trinajstić information content (AvgIpc) is 3.19. The van der Waals surface area contributed by atoms with E-state index in [1.54, 1.807) is 0 Å². The van der Waals surface area contributed by atoms with Crippen LogP contribution in [0.3, 0.4) is 0 Å². The Hall–Kier alpha value is -1.45. The van der Waals surface area contributed by atoms with Gasteiger partial charge >= 0.3 is 0 Å². The maximum atomic E-state index is 5.79. The molecule has 1 fully saturated rings. The largest absolute Gasteiger partial charge is 0.379 e. The van der Waals surface area contributed by atoms with Crippen molar-refractivity contribution < 1.29 is 9.47 Å². The van der Waals surface area contributed by atoms with Crippen LogP contribution in [-0.2, 0) is 16.0 Å². The van der Waals surface area contributed by atoms with Crippen molar-refractivity contribution in [2.75, 3.05) is 32.9 Å². The normalized spacial score (nSPS) is 16.9. The Morgan fingerprint density at radius 1 is 1.30 bits per heavy atom. The summed E-state index contributed by atoms with van der Waals surface area (Å²) < 4.78 is 11.1. The second-order valence-corrected chi connectivity index (χ2v) is 6.31. The summed E-state index contributed by atoms with van der Waals surface area (Å²) in [7, 11) is 0. The summed E-state index contributed by atoms with van der Waals surface area (Å²) in [6, 6.07) is 10.3. The summed E-state index contributed by atoms with van der Waals surface area (Å²) in [6.45, 7) is 6.56. The minimum Gasteiger partial charge on any atom is -0.379 e. The molecule has 1 aromatic heterocycles. The number of hydrogen-bond acceptors (Lipinski definition) is 4. The van der Waals surface area contributed by atoms with Crippen molar-refractivity contribution in [1.29, 1.82) is 0 Å². The first-order valence-electron chi connectivity index (χ1n) is 9.41. The molecule has 1 aliphatic rings. The van der Waals surface area contributed by atoms with Crippen LogP contribution in [0.5, 0.6) is 0 Å². The number of rotatable bonds is 8. The van der Waals surface area contributed by atoms with Crippen LogP contribution < -0.4 is 10.6 Å². The third-order valence-electron chi connectivity index (χ3n) is 4.34. The third-order valence-corrected chi connectivity index (χ3v) is 4.34. The van der Waals surface area contributed by atoms with Crippen LogP contribution in [0.15, 0.2) is 41.5 Å². The standard InChI is InChI=1S/C20H28N4O2.HI/c1-2-21-20(23-10-5-12-26-17-9-13-25-15-17)24-14-19-18-7-4-3-6-16(18)8-11-22-19;/h3-4,6-8,11,17H,2,5,9-10,12-15H2,1H3,(H2,21,23,24);1H. The lowest BCUT2D eigenvalue weighted by Gasteiger charge is -2.13. The molecule has 0 radical (unpaired) electrons. The number of aromatic nitrogens is 1. The number of aliphatic imine (C=N–C) groups is 1. The van der Waals surface area contributed by atoms with E-state index < -0.39 is 0 Å². The van der Waals surface area contributed by atoms with E-state index >= 15 is 0 Å². The molecule has 6 nitrogen and oxygen atoms in total. The molecule has 7 heteroatoms. The van der Waals surface area contributed by atoms with Crippen molar-refractivity contribution in [2.24, 2.45) is 4.99 Å². The monoisotopic (exact) mass is 484 g/mol. The van der Waals surface area contributed by atoms with Crippen LogP contribution in [0.4, 0.5) is 0 Å². The van der Waals surface area contributed by atoms with Gasteiger partial charge in [-0.3, -0.25) is 4.98 Å². The van der Waals surface area contributed by atoms with Gasteiger partial charge in [-0.2, -0.15) is 0 Å². The van der Waals surface area contributed by atoms with Gasteiger partial charge in [0.15, 0.2) is 5.96 Å². The fourth-order valence-corrected chi connectivity index (χ4v) is 2.98. The number of fused-ring (bicyclic) bond motifs is 1. The highest BCUT2D eigenvalue weighted by atomic mass is 127. The van der Waals surface area contributed by atoms with Crippen LogP contribution in [0.2, 0.25) is 0 Å². The second-order valence-electron chi connectivity index (χ2n) is 6.31. The van der Waals surface area contributed by atoms with Crippen LogP contribution in [0.25, 0.3) is 10.8 Å². The minimum absolute atomic E-state index is 0. The number of nitrogens with one attached hydrogen (secondary N) is 2. The molecule has 1 aliphatic heterocycles. The maximum absolute atomic E-state index is 5.79. The molecule has 0 spiro atoms. The summed E-state index contributed by atoms with van der Waals surface area (Å²) in [5.41, 5.74) is 0.991. The zero-order valence-electron chi connectivity index (χ0n) is 15.8.